The second-order valence-electron chi connectivity index (χ2n) is 3.95. The molecular formula is C11H15ClFN3. The number of rotatable bonds is 2. The molecule has 1 aromatic carbocycles. The van der Waals surface area contributed by atoms with E-state index < -0.39 is 5.82 Å². The van der Waals surface area contributed by atoms with Crippen LogP contribution in [0.1, 0.15) is 5.56 Å². The minimum Gasteiger partial charge on any atom is -0.396 e. The van der Waals surface area contributed by atoms with Gasteiger partial charge in [0.2, 0.25) is 0 Å². The van der Waals surface area contributed by atoms with Crippen molar-refractivity contribution in [3.8, 4) is 0 Å². The molecule has 0 aromatic heterocycles. The van der Waals surface area contributed by atoms with Gasteiger partial charge in [-0.2, -0.15) is 0 Å². The van der Waals surface area contributed by atoms with E-state index in [4.69, 9.17) is 17.3 Å². The van der Waals surface area contributed by atoms with Gasteiger partial charge < -0.3 is 11.1 Å². The van der Waals surface area contributed by atoms with E-state index in [0.29, 0.717) is 17.1 Å². The highest BCUT2D eigenvalue weighted by atomic mass is 35.5. The van der Waals surface area contributed by atoms with Crippen molar-refractivity contribution in [2.45, 2.75) is 6.54 Å². The first kappa shape index (κ1) is 11.6. The molecule has 16 heavy (non-hydrogen) atoms. The lowest BCUT2D eigenvalue weighted by Crippen LogP contribution is -2.43. The molecule has 2 rings (SSSR count). The zero-order chi connectivity index (χ0) is 11.5. The molecule has 0 spiro atoms. The Morgan fingerprint density at radius 3 is 2.75 bits per heavy atom. The van der Waals surface area contributed by atoms with Gasteiger partial charge in [0.15, 0.2) is 0 Å². The average molecular weight is 244 g/mol. The predicted octanol–water partition coefficient (Wildman–Crippen LogP) is 1.47. The molecule has 1 aliphatic heterocycles. The third kappa shape index (κ3) is 2.45. The SMILES string of the molecule is Nc1c(F)ccc(Cl)c1CN1CCNCC1. The standard InChI is InChI=1S/C11H15ClFN3/c12-9-1-2-10(13)11(14)8(9)7-16-5-3-15-4-6-16/h1-2,15H,3-7,14H2. The van der Waals surface area contributed by atoms with Crippen LogP contribution in [0.15, 0.2) is 12.1 Å². The molecule has 1 aromatic rings. The van der Waals surface area contributed by atoms with E-state index in [9.17, 15) is 4.39 Å². The first-order chi connectivity index (χ1) is 7.68. The molecule has 1 saturated heterocycles. The summed E-state index contributed by atoms with van der Waals surface area (Å²) in [5.41, 5.74) is 6.57. The molecule has 1 heterocycles. The van der Waals surface area contributed by atoms with Crippen molar-refractivity contribution < 1.29 is 4.39 Å². The van der Waals surface area contributed by atoms with Crippen molar-refractivity contribution in [2.75, 3.05) is 31.9 Å². The average Bonchev–Trinajstić information content (AvgIpc) is 2.31. The molecule has 0 unspecified atom stereocenters. The van der Waals surface area contributed by atoms with Crippen molar-refractivity contribution in [3.63, 3.8) is 0 Å². The van der Waals surface area contributed by atoms with Crippen LogP contribution < -0.4 is 11.1 Å². The van der Waals surface area contributed by atoms with Crippen molar-refractivity contribution in [1.29, 1.82) is 0 Å². The molecule has 3 N–H and O–H groups in total. The van der Waals surface area contributed by atoms with E-state index in [2.05, 4.69) is 10.2 Å². The Labute approximate surface area is 99.4 Å². The van der Waals surface area contributed by atoms with E-state index in [1.165, 1.54) is 6.07 Å². The summed E-state index contributed by atoms with van der Waals surface area (Å²) >= 11 is 6.03. The molecular weight excluding hydrogens is 229 g/mol. The topological polar surface area (TPSA) is 41.3 Å². The number of benzene rings is 1. The largest absolute Gasteiger partial charge is 0.396 e. The summed E-state index contributed by atoms with van der Waals surface area (Å²) in [6, 6.07) is 2.86. The summed E-state index contributed by atoms with van der Waals surface area (Å²) in [4.78, 5) is 2.22. The van der Waals surface area contributed by atoms with E-state index in [-0.39, 0.29) is 5.69 Å². The van der Waals surface area contributed by atoms with Gasteiger partial charge in [-0.3, -0.25) is 4.90 Å². The molecule has 1 fully saturated rings. The fourth-order valence-corrected chi connectivity index (χ4v) is 2.09. The van der Waals surface area contributed by atoms with Crippen LogP contribution >= 0.6 is 11.6 Å². The Balaban J connectivity index is 2.16. The monoisotopic (exact) mass is 243 g/mol. The van der Waals surface area contributed by atoms with Gasteiger partial charge in [-0.05, 0) is 12.1 Å². The Bertz CT molecular complexity index is 378. The zero-order valence-corrected chi connectivity index (χ0v) is 9.73. The Morgan fingerprint density at radius 1 is 1.38 bits per heavy atom. The number of nitrogen functional groups attached to an aromatic ring is 1. The van der Waals surface area contributed by atoms with Crippen LogP contribution in [0.5, 0.6) is 0 Å². The van der Waals surface area contributed by atoms with Crippen LogP contribution in [0, 0.1) is 5.82 Å². The van der Waals surface area contributed by atoms with Crippen molar-refractivity contribution in [1.82, 2.24) is 10.2 Å². The molecule has 0 saturated carbocycles. The number of hydrogen-bond acceptors (Lipinski definition) is 3. The van der Waals surface area contributed by atoms with Crippen LogP contribution in [-0.2, 0) is 6.54 Å². The maximum Gasteiger partial charge on any atom is 0.146 e. The Hall–Kier alpha value is -0.840. The van der Waals surface area contributed by atoms with Gasteiger partial charge in [0.1, 0.15) is 5.82 Å². The van der Waals surface area contributed by atoms with Crippen LogP contribution in [0.25, 0.3) is 0 Å². The fraction of sp³-hybridized carbons (Fsp3) is 0.455. The molecule has 0 amide bonds. The minimum absolute atomic E-state index is 0.172. The third-order valence-corrected chi connectivity index (χ3v) is 3.19. The Morgan fingerprint density at radius 2 is 2.06 bits per heavy atom. The van der Waals surface area contributed by atoms with Gasteiger partial charge in [0.25, 0.3) is 0 Å². The lowest BCUT2D eigenvalue weighted by molar-refractivity contribution is 0.233. The predicted molar refractivity (Wildman–Crippen MR) is 64.0 cm³/mol. The normalized spacial score (nSPS) is 17.6. The lowest BCUT2D eigenvalue weighted by Gasteiger charge is -2.28. The van der Waals surface area contributed by atoms with Crippen molar-refractivity contribution in [2.24, 2.45) is 0 Å². The van der Waals surface area contributed by atoms with E-state index in [1.54, 1.807) is 6.07 Å². The zero-order valence-electron chi connectivity index (χ0n) is 8.97. The van der Waals surface area contributed by atoms with Gasteiger partial charge >= 0.3 is 0 Å². The van der Waals surface area contributed by atoms with E-state index in [1.807, 2.05) is 0 Å². The smallest absolute Gasteiger partial charge is 0.146 e. The number of nitrogens with one attached hydrogen (secondary N) is 1. The summed E-state index contributed by atoms with van der Waals surface area (Å²) < 4.78 is 13.3. The van der Waals surface area contributed by atoms with Gasteiger partial charge in [-0.25, -0.2) is 4.39 Å². The summed E-state index contributed by atoms with van der Waals surface area (Å²) in [7, 11) is 0. The number of hydrogen-bond donors (Lipinski definition) is 2. The van der Waals surface area contributed by atoms with Gasteiger partial charge in [0.05, 0.1) is 5.69 Å². The highest BCUT2D eigenvalue weighted by Crippen LogP contribution is 2.26. The van der Waals surface area contributed by atoms with Gasteiger partial charge in [0, 0.05) is 43.3 Å². The fourth-order valence-electron chi connectivity index (χ4n) is 1.86. The molecule has 88 valence electrons. The summed E-state index contributed by atoms with van der Waals surface area (Å²) in [5.74, 6) is -0.394. The number of nitrogens with two attached hydrogens (primary N) is 1. The van der Waals surface area contributed by atoms with Crippen molar-refractivity contribution >= 4 is 17.3 Å². The molecule has 5 heteroatoms. The van der Waals surface area contributed by atoms with E-state index in [0.717, 1.165) is 26.2 Å². The molecule has 0 radical (unpaired) electrons. The summed E-state index contributed by atoms with van der Waals surface area (Å²) in [6.45, 7) is 4.39. The van der Waals surface area contributed by atoms with Crippen LogP contribution in [0.4, 0.5) is 10.1 Å². The molecule has 0 aliphatic carbocycles. The Kier molecular flexibility index (Phi) is 3.63. The van der Waals surface area contributed by atoms with Gasteiger partial charge in [-0.1, -0.05) is 11.6 Å². The molecule has 0 bridgehead atoms. The first-order valence-corrected chi connectivity index (χ1v) is 5.71. The molecule has 3 nitrogen and oxygen atoms in total. The second-order valence-corrected chi connectivity index (χ2v) is 4.35. The van der Waals surface area contributed by atoms with Crippen LogP contribution in [0.3, 0.4) is 0 Å². The lowest BCUT2D eigenvalue weighted by atomic mass is 10.1. The number of halogens is 2. The van der Waals surface area contributed by atoms with Gasteiger partial charge in [-0.15, -0.1) is 0 Å². The maximum absolute atomic E-state index is 13.3. The summed E-state index contributed by atoms with van der Waals surface area (Å²) in [5, 5.41) is 3.80. The third-order valence-electron chi connectivity index (χ3n) is 2.84. The quantitative estimate of drug-likeness (QED) is 0.773. The van der Waals surface area contributed by atoms with Crippen molar-refractivity contribution in [3.05, 3.63) is 28.5 Å². The highest BCUT2D eigenvalue weighted by molar-refractivity contribution is 6.31. The minimum atomic E-state index is -0.394. The van der Waals surface area contributed by atoms with Crippen LogP contribution in [0.2, 0.25) is 5.02 Å². The number of nitrogens with zero attached hydrogens (tertiary/aromatic N) is 1. The maximum atomic E-state index is 13.3. The molecule has 0 atom stereocenters. The number of anilines is 1. The number of piperazine rings is 1. The first-order valence-electron chi connectivity index (χ1n) is 5.34. The second kappa shape index (κ2) is 4.99. The summed E-state index contributed by atoms with van der Waals surface area (Å²) in [6.07, 6.45) is 0. The van der Waals surface area contributed by atoms with Crippen LogP contribution in [-0.4, -0.2) is 31.1 Å². The van der Waals surface area contributed by atoms with E-state index >= 15 is 0 Å². The molecule has 1 aliphatic rings. The highest BCUT2D eigenvalue weighted by Gasteiger charge is 2.15.